The average Bonchev–Trinajstić information content (AvgIpc) is 2.92. The Bertz CT molecular complexity index is 624. The predicted octanol–water partition coefficient (Wildman–Crippen LogP) is 2.07. The summed E-state index contributed by atoms with van der Waals surface area (Å²) in [4.78, 5) is 6.75. The maximum Gasteiger partial charge on any atom is 0.136 e. The molecular formula is C15H21N3OS. The van der Waals surface area contributed by atoms with Crippen LogP contribution < -0.4 is 0 Å². The van der Waals surface area contributed by atoms with Gasteiger partial charge in [-0.1, -0.05) is 13.0 Å². The number of hydrogen-bond acceptors (Lipinski definition) is 3. The van der Waals surface area contributed by atoms with Gasteiger partial charge in [-0.05, 0) is 25.5 Å². The monoisotopic (exact) mass is 291 g/mol. The molecule has 2 aromatic rings. The SMILES string of the molecule is CCC1CN(Cc2cccc3nccn23)CC(C)S1=O. The molecule has 4 nitrogen and oxygen atoms in total. The molecule has 3 heterocycles. The van der Waals surface area contributed by atoms with E-state index in [0.29, 0.717) is 5.25 Å². The molecule has 2 aromatic heterocycles. The Hall–Kier alpha value is -1.20. The third-order valence-electron chi connectivity index (χ3n) is 4.06. The number of rotatable bonds is 3. The lowest BCUT2D eigenvalue weighted by atomic mass is 10.2. The van der Waals surface area contributed by atoms with E-state index >= 15 is 0 Å². The van der Waals surface area contributed by atoms with Gasteiger partial charge in [0.1, 0.15) is 5.65 Å². The molecule has 0 N–H and O–H groups in total. The zero-order chi connectivity index (χ0) is 14.1. The van der Waals surface area contributed by atoms with Crippen molar-refractivity contribution in [2.45, 2.75) is 37.3 Å². The number of pyridine rings is 1. The van der Waals surface area contributed by atoms with Gasteiger partial charge in [-0.25, -0.2) is 4.98 Å². The molecule has 0 aliphatic carbocycles. The van der Waals surface area contributed by atoms with Crippen LogP contribution in [-0.2, 0) is 17.3 Å². The molecule has 0 radical (unpaired) electrons. The summed E-state index contributed by atoms with van der Waals surface area (Å²) in [5.74, 6) is 0. The minimum Gasteiger partial charge on any atom is -0.303 e. The molecule has 1 aliphatic heterocycles. The van der Waals surface area contributed by atoms with E-state index in [4.69, 9.17) is 0 Å². The minimum absolute atomic E-state index is 0.260. The van der Waals surface area contributed by atoms with Crippen LogP contribution in [0.25, 0.3) is 5.65 Å². The topological polar surface area (TPSA) is 37.6 Å². The summed E-state index contributed by atoms with van der Waals surface area (Å²) in [5.41, 5.74) is 2.23. The second kappa shape index (κ2) is 5.66. The van der Waals surface area contributed by atoms with Crippen LogP contribution in [-0.4, -0.2) is 42.1 Å². The van der Waals surface area contributed by atoms with Crippen molar-refractivity contribution >= 4 is 16.4 Å². The molecule has 1 saturated heterocycles. The van der Waals surface area contributed by atoms with Crippen molar-refractivity contribution in [3.63, 3.8) is 0 Å². The highest BCUT2D eigenvalue weighted by Gasteiger charge is 2.30. The predicted molar refractivity (Wildman–Crippen MR) is 82.2 cm³/mol. The van der Waals surface area contributed by atoms with Crippen LogP contribution in [0.2, 0.25) is 0 Å². The van der Waals surface area contributed by atoms with Crippen molar-refractivity contribution in [2.24, 2.45) is 0 Å². The number of fused-ring (bicyclic) bond motifs is 1. The number of imidazole rings is 1. The number of aromatic nitrogens is 2. The van der Waals surface area contributed by atoms with Gasteiger partial charge >= 0.3 is 0 Å². The second-order valence-electron chi connectivity index (χ2n) is 5.54. The van der Waals surface area contributed by atoms with Gasteiger partial charge in [0.2, 0.25) is 0 Å². The van der Waals surface area contributed by atoms with Crippen LogP contribution in [0.4, 0.5) is 0 Å². The first kappa shape index (κ1) is 13.8. The second-order valence-corrected chi connectivity index (χ2v) is 7.66. The van der Waals surface area contributed by atoms with E-state index in [9.17, 15) is 4.21 Å². The molecule has 3 unspecified atom stereocenters. The van der Waals surface area contributed by atoms with E-state index in [1.807, 2.05) is 18.5 Å². The Balaban J connectivity index is 1.81. The van der Waals surface area contributed by atoms with E-state index in [2.05, 4.69) is 40.3 Å². The zero-order valence-electron chi connectivity index (χ0n) is 12.0. The van der Waals surface area contributed by atoms with Gasteiger partial charge in [0, 0.05) is 59.0 Å². The molecule has 3 atom stereocenters. The largest absolute Gasteiger partial charge is 0.303 e. The van der Waals surface area contributed by atoms with Crippen molar-refractivity contribution in [3.05, 3.63) is 36.3 Å². The molecule has 20 heavy (non-hydrogen) atoms. The van der Waals surface area contributed by atoms with Crippen LogP contribution in [0.5, 0.6) is 0 Å². The first-order chi connectivity index (χ1) is 9.69. The van der Waals surface area contributed by atoms with Gasteiger partial charge < -0.3 is 4.40 Å². The highest BCUT2D eigenvalue weighted by Crippen LogP contribution is 2.19. The summed E-state index contributed by atoms with van der Waals surface area (Å²) >= 11 is 0. The third kappa shape index (κ3) is 2.52. The van der Waals surface area contributed by atoms with Crippen molar-refractivity contribution in [1.29, 1.82) is 0 Å². The van der Waals surface area contributed by atoms with Crippen molar-refractivity contribution < 1.29 is 4.21 Å². The number of nitrogens with zero attached hydrogens (tertiary/aromatic N) is 3. The Morgan fingerprint density at radius 3 is 3.05 bits per heavy atom. The zero-order valence-corrected chi connectivity index (χ0v) is 12.8. The molecule has 1 fully saturated rings. The maximum atomic E-state index is 12.2. The molecular weight excluding hydrogens is 270 g/mol. The van der Waals surface area contributed by atoms with Gasteiger partial charge in [-0.3, -0.25) is 9.11 Å². The highest BCUT2D eigenvalue weighted by atomic mass is 32.2. The average molecular weight is 291 g/mol. The maximum absolute atomic E-state index is 12.2. The van der Waals surface area contributed by atoms with Gasteiger partial charge in [0.15, 0.2) is 0 Å². The lowest BCUT2D eigenvalue weighted by Crippen LogP contribution is -2.47. The molecule has 3 rings (SSSR count). The summed E-state index contributed by atoms with van der Waals surface area (Å²) < 4.78 is 14.3. The Kier molecular flexibility index (Phi) is 3.89. The Morgan fingerprint density at radius 2 is 2.25 bits per heavy atom. The van der Waals surface area contributed by atoms with Gasteiger partial charge in [0.05, 0.1) is 0 Å². The van der Waals surface area contributed by atoms with E-state index < -0.39 is 10.8 Å². The fourth-order valence-electron chi connectivity index (χ4n) is 2.99. The van der Waals surface area contributed by atoms with Crippen molar-refractivity contribution in [2.75, 3.05) is 13.1 Å². The summed E-state index contributed by atoms with van der Waals surface area (Å²) in [5, 5.41) is 0.566. The van der Waals surface area contributed by atoms with Crippen molar-refractivity contribution in [1.82, 2.24) is 14.3 Å². The van der Waals surface area contributed by atoms with E-state index in [0.717, 1.165) is 31.7 Å². The van der Waals surface area contributed by atoms with Crippen LogP contribution in [0.1, 0.15) is 26.0 Å². The standard InChI is InChI=1S/C15H21N3OS/c1-3-14-11-17(9-12(2)20(14)19)10-13-5-4-6-15-16-7-8-18(13)15/h4-8,12,14H,3,9-11H2,1-2H3. The molecule has 1 aliphatic rings. The molecule has 0 saturated carbocycles. The van der Waals surface area contributed by atoms with Crippen LogP contribution >= 0.6 is 0 Å². The number of hydrogen-bond donors (Lipinski definition) is 0. The van der Waals surface area contributed by atoms with E-state index in [1.165, 1.54) is 5.69 Å². The Morgan fingerprint density at radius 1 is 1.40 bits per heavy atom. The van der Waals surface area contributed by atoms with Gasteiger partial charge in [0.25, 0.3) is 0 Å². The third-order valence-corrected chi connectivity index (χ3v) is 6.14. The van der Waals surface area contributed by atoms with Crippen molar-refractivity contribution in [3.8, 4) is 0 Å². The summed E-state index contributed by atoms with van der Waals surface area (Å²) in [6, 6.07) is 6.22. The molecule has 0 spiro atoms. The van der Waals surface area contributed by atoms with Gasteiger partial charge in [-0.15, -0.1) is 0 Å². The molecule has 0 aromatic carbocycles. The molecule has 108 valence electrons. The van der Waals surface area contributed by atoms with E-state index in [-0.39, 0.29) is 5.25 Å². The molecule has 0 amide bonds. The van der Waals surface area contributed by atoms with Crippen LogP contribution in [0.15, 0.2) is 30.6 Å². The van der Waals surface area contributed by atoms with Crippen LogP contribution in [0.3, 0.4) is 0 Å². The lowest BCUT2D eigenvalue weighted by Gasteiger charge is -2.35. The summed E-state index contributed by atoms with van der Waals surface area (Å²) in [7, 11) is -0.682. The van der Waals surface area contributed by atoms with Gasteiger partial charge in [-0.2, -0.15) is 0 Å². The normalized spacial score (nSPS) is 28.0. The Labute approximate surface area is 122 Å². The smallest absolute Gasteiger partial charge is 0.136 e. The fourth-order valence-corrected chi connectivity index (χ4v) is 4.69. The highest BCUT2D eigenvalue weighted by molar-refractivity contribution is 7.86. The first-order valence-corrected chi connectivity index (χ1v) is 8.49. The van der Waals surface area contributed by atoms with Crippen LogP contribution in [0, 0.1) is 0 Å². The van der Waals surface area contributed by atoms with E-state index in [1.54, 1.807) is 0 Å². The quantitative estimate of drug-likeness (QED) is 0.869. The first-order valence-electron chi connectivity index (χ1n) is 7.21. The summed E-state index contributed by atoms with van der Waals surface area (Å²) in [6.45, 7) is 6.97. The molecule has 5 heteroatoms. The lowest BCUT2D eigenvalue weighted by molar-refractivity contribution is 0.249. The minimum atomic E-state index is -0.682. The fraction of sp³-hybridized carbons (Fsp3) is 0.533. The summed E-state index contributed by atoms with van der Waals surface area (Å²) in [6.07, 6.45) is 4.83. The molecule has 0 bridgehead atoms.